The molecule has 2 aliphatic carbocycles. The molecule has 0 aliphatic heterocycles. The highest BCUT2D eigenvalue weighted by atomic mass is 16.5. The van der Waals surface area contributed by atoms with Gasteiger partial charge in [0, 0.05) is 18.6 Å². The van der Waals surface area contributed by atoms with Gasteiger partial charge in [-0.1, -0.05) is 45.4 Å². The topological polar surface area (TPSA) is 58.6 Å². The predicted octanol–water partition coefficient (Wildman–Crippen LogP) is 3.47. The molecule has 5 nitrogen and oxygen atoms in total. The molecule has 0 aromatic rings. The van der Waals surface area contributed by atoms with Crippen molar-refractivity contribution in [1.29, 1.82) is 0 Å². The van der Waals surface area contributed by atoms with E-state index >= 15 is 0 Å². The monoisotopic (exact) mass is 324 g/mol. The lowest BCUT2D eigenvalue weighted by Gasteiger charge is -2.37. The molecule has 2 aliphatic rings. The van der Waals surface area contributed by atoms with E-state index in [0.29, 0.717) is 12.6 Å². The molecule has 0 spiro atoms. The van der Waals surface area contributed by atoms with E-state index in [2.05, 4.69) is 5.32 Å². The van der Waals surface area contributed by atoms with Crippen molar-refractivity contribution >= 4 is 12.0 Å². The van der Waals surface area contributed by atoms with Crippen LogP contribution in [0.4, 0.5) is 4.79 Å². The van der Waals surface area contributed by atoms with Crippen molar-refractivity contribution in [2.24, 2.45) is 5.92 Å². The molecule has 2 rings (SSSR count). The SMILES string of the molecule is COC(=O)C(C)CN(C(=O)NC1CCCCC1)C1CCCCC1. The highest BCUT2D eigenvalue weighted by Gasteiger charge is 2.30. The zero-order valence-electron chi connectivity index (χ0n) is 14.7. The lowest BCUT2D eigenvalue weighted by Crippen LogP contribution is -2.52. The van der Waals surface area contributed by atoms with Crippen LogP contribution in [0, 0.1) is 5.92 Å². The molecular formula is C18H32N2O3. The number of nitrogens with zero attached hydrogens (tertiary/aromatic N) is 1. The van der Waals surface area contributed by atoms with Crippen LogP contribution in [0.5, 0.6) is 0 Å². The highest BCUT2D eigenvalue weighted by molar-refractivity contribution is 5.77. The van der Waals surface area contributed by atoms with Crippen LogP contribution in [0.2, 0.25) is 0 Å². The molecule has 132 valence electrons. The van der Waals surface area contributed by atoms with Gasteiger partial charge in [0.2, 0.25) is 0 Å². The summed E-state index contributed by atoms with van der Waals surface area (Å²) in [4.78, 5) is 26.5. The number of methoxy groups -OCH3 is 1. The van der Waals surface area contributed by atoms with Gasteiger partial charge in [-0.25, -0.2) is 4.79 Å². The van der Waals surface area contributed by atoms with Crippen LogP contribution in [0.3, 0.4) is 0 Å². The van der Waals surface area contributed by atoms with Crippen molar-refractivity contribution in [2.75, 3.05) is 13.7 Å². The molecule has 0 heterocycles. The summed E-state index contributed by atoms with van der Waals surface area (Å²) in [5.41, 5.74) is 0. The Balaban J connectivity index is 1.98. The standard InChI is InChI=1S/C18H32N2O3/c1-14(17(21)23-2)13-20(16-11-7-4-8-12-16)18(22)19-15-9-5-3-6-10-15/h14-16H,3-13H2,1-2H3,(H,19,22). The summed E-state index contributed by atoms with van der Waals surface area (Å²) in [6, 6.07) is 0.578. The molecule has 1 N–H and O–H groups in total. The zero-order chi connectivity index (χ0) is 16.7. The fraction of sp³-hybridized carbons (Fsp3) is 0.889. The number of carbonyl (C=O) groups excluding carboxylic acids is 2. The van der Waals surface area contributed by atoms with Crippen molar-refractivity contribution in [3.05, 3.63) is 0 Å². The van der Waals surface area contributed by atoms with Gasteiger partial charge in [-0.05, 0) is 25.7 Å². The largest absolute Gasteiger partial charge is 0.469 e. The Morgan fingerprint density at radius 1 is 1.04 bits per heavy atom. The van der Waals surface area contributed by atoms with Crippen LogP contribution in [-0.4, -0.2) is 42.6 Å². The summed E-state index contributed by atoms with van der Waals surface area (Å²) in [5, 5.41) is 3.21. The van der Waals surface area contributed by atoms with Gasteiger partial charge < -0.3 is 15.0 Å². The summed E-state index contributed by atoms with van der Waals surface area (Å²) in [6.45, 7) is 2.30. The highest BCUT2D eigenvalue weighted by Crippen LogP contribution is 2.24. The van der Waals surface area contributed by atoms with E-state index in [-0.39, 0.29) is 24.0 Å². The van der Waals surface area contributed by atoms with Crippen LogP contribution in [0.1, 0.15) is 71.1 Å². The number of hydrogen-bond acceptors (Lipinski definition) is 3. The van der Waals surface area contributed by atoms with Crippen LogP contribution in [-0.2, 0) is 9.53 Å². The number of carbonyl (C=O) groups is 2. The number of urea groups is 1. The molecule has 23 heavy (non-hydrogen) atoms. The average Bonchev–Trinajstić information content (AvgIpc) is 2.60. The Bertz CT molecular complexity index is 388. The summed E-state index contributed by atoms with van der Waals surface area (Å²) in [5.74, 6) is -0.518. The first kappa shape index (κ1) is 18.1. The third-order valence-corrected chi connectivity index (χ3v) is 5.28. The molecule has 2 saturated carbocycles. The van der Waals surface area contributed by atoms with Gasteiger partial charge in [0.1, 0.15) is 0 Å². The van der Waals surface area contributed by atoms with Gasteiger partial charge in [0.15, 0.2) is 0 Å². The summed E-state index contributed by atoms with van der Waals surface area (Å²) < 4.78 is 4.83. The van der Waals surface area contributed by atoms with E-state index in [4.69, 9.17) is 4.74 Å². The maximum absolute atomic E-state index is 12.8. The fourth-order valence-corrected chi connectivity index (χ4v) is 3.87. The minimum absolute atomic E-state index is 0.0135. The van der Waals surface area contributed by atoms with E-state index < -0.39 is 0 Å². The molecule has 1 atom stereocenters. The van der Waals surface area contributed by atoms with Gasteiger partial charge in [-0.15, -0.1) is 0 Å². The number of nitrogens with one attached hydrogen (secondary N) is 1. The third kappa shape index (κ3) is 5.40. The Labute approximate surface area is 140 Å². The summed E-state index contributed by atoms with van der Waals surface area (Å²) in [6.07, 6.45) is 11.5. The van der Waals surface area contributed by atoms with Gasteiger partial charge in [-0.2, -0.15) is 0 Å². The quantitative estimate of drug-likeness (QED) is 0.788. The maximum Gasteiger partial charge on any atom is 0.317 e. The molecular weight excluding hydrogens is 292 g/mol. The van der Waals surface area contributed by atoms with Gasteiger partial charge in [-0.3, -0.25) is 4.79 Å². The van der Waals surface area contributed by atoms with Crippen LogP contribution in [0.25, 0.3) is 0 Å². The second kappa shape index (κ2) is 9.14. The molecule has 0 aromatic carbocycles. The van der Waals surface area contributed by atoms with Crippen LogP contribution in [0.15, 0.2) is 0 Å². The van der Waals surface area contributed by atoms with E-state index in [9.17, 15) is 9.59 Å². The normalized spacial score (nSPS) is 21.5. The molecule has 0 bridgehead atoms. The number of ether oxygens (including phenoxy) is 1. The molecule has 0 saturated heterocycles. The second-order valence-electron chi connectivity index (χ2n) is 7.15. The first-order chi connectivity index (χ1) is 11.1. The van der Waals surface area contributed by atoms with E-state index in [1.807, 2.05) is 11.8 Å². The van der Waals surface area contributed by atoms with Gasteiger partial charge in [0.25, 0.3) is 0 Å². The van der Waals surface area contributed by atoms with Gasteiger partial charge in [0.05, 0.1) is 13.0 Å². The van der Waals surface area contributed by atoms with Crippen molar-refractivity contribution in [2.45, 2.75) is 83.2 Å². The van der Waals surface area contributed by atoms with Crippen molar-refractivity contribution in [3.8, 4) is 0 Å². The van der Waals surface area contributed by atoms with E-state index in [1.54, 1.807) is 0 Å². The molecule has 0 aromatic heterocycles. The Kier molecular flexibility index (Phi) is 7.18. The van der Waals surface area contributed by atoms with E-state index in [0.717, 1.165) is 25.7 Å². The molecule has 2 amide bonds. The van der Waals surface area contributed by atoms with Crippen LogP contribution < -0.4 is 5.32 Å². The predicted molar refractivity (Wildman–Crippen MR) is 90.2 cm³/mol. The van der Waals surface area contributed by atoms with Crippen LogP contribution >= 0.6 is 0 Å². The maximum atomic E-state index is 12.8. The first-order valence-corrected chi connectivity index (χ1v) is 9.26. The minimum Gasteiger partial charge on any atom is -0.469 e. The minimum atomic E-state index is -0.279. The van der Waals surface area contributed by atoms with Crippen molar-refractivity contribution in [1.82, 2.24) is 10.2 Å². The number of esters is 1. The lowest BCUT2D eigenvalue weighted by molar-refractivity contribution is -0.145. The van der Waals surface area contributed by atoms with Gasteiger partial charge >= 0.3 is 12.0 Å². The lowest BCUT2D eigenvalue weighted by atomic mass is 9.93. The number of amides is 2. The first-order valence-electron chi connectivity index (χ1n) is 9.26. The average molecular weight is 324 g/mol. The molecule has 5 heteroatoms. The summed E-state index contributed by atoms with van der Waals surface area (Å²) in [7, 11) is 1.41. The Hall–Kier alpha value is -1.26. The third-order valence-electron chi connectivity index (χ3n) is 5.28. The smallest absolute Gasteiger partial charge is 0.317 e. The summed E-state index contributed by atoms with van der Waals surface area (Å²) >= 11 is 0. The fourth-order valence-electron chi connectivity index (χ4n) is 3.87. The molecule has 2 fully saturated rings. The number of hydrogen-bond donors (Lipinski definition) is 1. The second-order valence-corrected chi connectivity index (χ2v) is 7.15. The van der Waals surface area contributed by atoms with E-state index in [1.165, 1.54) is 45.6 Å². The Morgan fingerprint density at radius 3 is 2.17 bits per heavy atom. The zero-order valence-corrected chi connectivity index (χ0v) is 14.7. The van der Waals surface area contributed by atoms with Crippen molar-refractivity contribution < 1.29 is 14.3 Å². The number of rotatable bonds is 5. The molecule has 0 radical (unpaired) electrons. The Morgan fingerprint density at radius 2 is 1.61 bits per heavy atom. The van der Waals surface area contributed by atoms with Crippen molar-refractivity contribution in [3.63, 3.8) is 0 Å². The molecule has 1 unspecified atom stereocenters.